The molecule has 0 saturated heterocycles. The van der Waals surface area contributed by atoms with Crippen LogP contribution in [0, 0.1) is 5.82 Å². The molecule has 0 spiro atoms. The SMILES string of the molecule is CCCCCCCCO[Si](C)(C)Oc1cccc(F)c1. The Morgan fingerprint density at radius 1 is 1.05 bits per heavy atom. The van der Waals surface area contributed by atoms with Crippen molar-refractivity contribution in [1.82, 2.24) is 0 Å². The number of hydrogen-bond acceptors (Lipinski definition) is 2. The van der Waals surface area contributed by atoms with E-state index in [2.05, 4.69) is 6.92 Å². The maximum atomic E-state index is 13.1. The van der Waals surface area contributed by atoms with Crippen LogP contribution in [0.25, 0.3) is 0 Å². The van der Waals surface area contributed by atoms with Gasteiger partial charge in [0, 0.05) is 12.7 Å². The van der Waals surface area contributed by atoms with Gasteiger partial charge in [-0.15, -0.1) is 0 Å². The number of rotatable bonds is 10. The normalized spacial score (nSPS) is 11.6. The molecule has 4 heteroatoms. The fraction of sp³-hybridized carbons (Fsp3) is 0.625. The van der Waals surface area contributed by atoms with E-state index in [9.17, 15) is 4.39 Å². The fourth-order valence-corrected chi connectivity index (χ4v) is 3.43. The van der Waals surface area contributed by atoms with Crippen LogP contribution in [0.5, 0.6) is 5.75 Å². The van der Waals surface area contributed by atoms with E-state index in [1.807, 2.05) is 13.1 Å². The smallest absolute Gasteiger partial charge is 0.392 e. The lowest BCUT2D eigenvalue weighted by Gasteiger charge is -2.23. The minimum absolute atomic E-state index is 0.275. The second-order valence-electron chi connectivity index (χ2n) is 5.58. The van der Waals surface area contributed by atoms with Crippen LogP contribution in [-0.4, -0.2) is 15.2 Å². The predicted octanol–water partition coefficient (Wildman–Crippen LogP) is 5.28. The monoisotopic (exact) mass is 298 g/mol. The van der Waals surface area contributed by atoms with Gasteiger partial charge in [0.25, 0.3) is 0 Å². The molecule has 0 aromatic heterocycles. The van der Waals surface area contributed by atoms with Gasteiger partial charge in [-0.05, 0) is 31.6 Å². The summed E-state index contributed by atoms with van der Waals surface area (Å²) in [5.74, 6) is 0.285. The zero-order valence-electron chi connectivity index (χ0n) is 13.0. The van der Waals surface area contributed by atoms with Crippen LogP contribution < -0.4 is 4.43 Å². The van der Waals surface area contributed by atoms with Crippen LogP contribution in [0.4, 0.5) is 4.39 Å². The average molecular weight is 298 g/mol. The average Bonchev–Trinajstić information content (AvgIpc) is 2.37. The van der Waals surface area contributed by atoms with Crippen LogP contribution in [0.3, 0.4) is 0 Å². The van der Waals surface area contributed by atoms with Crippen molar-refractivity contribution in [2.75, 3.05) is 6.61 Å². The third kappa shape index (κ3) is 7.65. The highest BCUT2D eigenvalue weighted by atomic mass is 28.4. The van der Waals surface area contributed by atoms with Crippen LogP contribution in [0.2, 0.25) is 13.1 Å². The highest BCUT2D eigenvalue weighted by Gasteiger charge is 2.26. The highest BCUT2D eigenvalue weighted by Crippen LogP contribution is 2.18. The molecule has 0 fully saturated rings. The first-order valence-electron chi connectivity index (χ1n) is 7.62. The van der Waals surface area contributed by atoms with Crippen molar-refractivity contribution in [2.45, 2.75) is 58.5 Å². The summed E-state index contributed by atoms with van der Waals surface area (Å²) in [5.41, 5.74) is 0. The molecule has 0 aliphatic rings. The van der Waals surface area contributed by atoms with Crippen LogP contribution >= 0.6 is 0 Å². The summed E-state index contributed by atoms with van der Waals surface area (Å²) in [4.78, 5) is 0. The minimum Gasteiger partial charge on any atom is -0.520 e. The van der Waals surface area contributed by atoms with Crippen molar-refractivity contribution in [1.29, 1.82) is 0 Å². The summed E-state index contributed by atoms with van der Waals surface area (Å²) in [5, 5.41) is 0. The zero-order chi connectivity index (χ0) is 14.8. The topological polar surface area (TPSA) is 18.5 Å². The van der Waals surface area contributed by atoms with Gasteiger partial charge in [-0.3, -0.25) is 0 Å². The van der Waals surface area contributed by atoms with Gasteiger partial charge >= 0.3 is 8.56 Å². The Morgan fingerprint density at radius 2 is 1.75 bits per heavy atom. The maximum Gasteiger partial charge on any atom is 0.392 e. The maximum absolute atomic E-state index is 13.1. The number of benzene rings is 1. The molecule has 0 heterocycles. The first-order chi connectivity index (χ1) is 9.53. The lowest BCUT2D eigenvalue weighted by molar-refractivity contribution is 0.240. The fourth-order valence-electron chi connectivity index (χ4n) is 2.04. The molecule has 0 amide bonds. The van der Waals surface area contributed by atoms with E-state index in [0.29, 0.717) is 5.75 Å². The Morgan fingerprint density at radius 3 is 2.45 bits per heavy atom. The third-order valence-electron chi connectivity index (χ3n) is 3.11. The lowest BCUT2D eigenvalue weighted by atomic mass is 10.1. The Bertz CT molecular complexity index is 382. The van der Waals surface area contributed by atoms with Crippen molar-refractivity contribution >= 4 is 8.56 Å². The van der Waals surface area contributed by atoms with Crippen molar-refractivity contribution in [2.24, 2.45) is 0 Å². The van der Waals surface area contributed by atoms with E-state index in [4.69, 9.17) is 8.85 Å². The number of halogens is 1. The van der Waals surface area contributed by atoms with Gasteiger partial charge in [0.2, 0.25) is 0 Å². The summed E-state index contributed by atoms with van der Waals surface area (Å²) in [6.07, 6.45) is 7.49. The van der Waals surface area contributed by atoms with E-state index in [-0.39, 0.29) is 5.82 Å². The van der Waals surface area contributed by atoms with Gasteiger partial charge in [0.15, 0.2) is 0 Å². The molecule has 0 unspecified atom stereocenters. The van der Waals surface area contributed by atoms with Crippen molar-refractivity contribution in [3.63, 3.8) is 0 Å². The quantitative estimate of drug-likeness (QED) is 0.432. The molecule has 20 heavy (non-hydrogen) atoms. The second-order valence-corrected chi connectivity index (χ2v) is 8.87. The van der Waals surface area contributed by atoms with E-state index >= 15 is 0 Å². The summed E-state index contributed by atoms with van der Waals surface area (Å²) < 4.78 is 24.8. The standard InChI is InChI=1S/C16H27FO2Si/c1-4-5-6-7-8-9-13-18-20(2,3)19-16-12-10-11-15(17)14-16/h10-12,14H,4-9,13H2,1-3H3. The van der Waals surface area contributed by atoms with E-state index in [0.717, 1.165) is 13.0 Å². The highest BCUT2D eigenvalue weighted by molar-refractivity contribution is 6.65. The van der Waals surface area contributed by atoms with Crippen molar-refractivity contribution < 1.29 is 13.2 Å². The Hall–Kier alpha value is -0.873. The van der Waals surface area contributed by atoms with Gasteiger partial charge < -0.3 is 8.85 Å². The third-order valence-corrected chi connectivity index (χ3v) is 4.73. The molecule has 1 rings (SSSR count). The number of unbranched alkanes of at least 4 members (excludes halogenated alkanes) is 5. The predicted molar refractivity (Wildman–Crippen MR) is 83.8 cm³/mol. The summed E-state index contributed by atoms with van der Waals surface area (Å²) in [6, 6.07) is 6.25. The van der Waals surface area contributed by atoms with E-state index in [1.54, 1.807) is 12.1 Å². The van der Waals surface area contributed by atoms with Gasteiger partial charge in [-0.2, -0.15) is 0 Å². The molecule has 114 valence electrons. The van der Waals surface area contributed by atoms with Gasteiger partial charge in [-0.25, -0.2) is 4.39 Å². The minimum atomic E-state index is -2.21. The van der Waals surface area contributed by atoms with Gasteiger partial charge in [0.1, 0.15) is 11.6 Å². The van der Waals surface area contributed by atoms with Crippen LogP contribution in [-0.2, 0) is 4.43 Å². The molecule has 0 saturated carbocycles. The van der Waals surface area contributed by atoms with Crippen LogP contribution in [0.1, 0.15) is 45.4 Å². The largest absolute Gasteiger partial charge is 0.520 e. The molecule has 0 aliphatic heterocycles. The molecule has 2 nitrogen and oxygen atoms in total. The van der Waals surface area contributed by atoms with Crippen molar-refractivity contribution in [3.05, 3.63) is 30.1 Å². The molecular formula is C16H27FO2Si. The molecule has 1 aromatic carbocycles. The molecular weight excluding hydrogens is 271 g/mol. The lowest BCUT2D eigenvalue weighted by Crippen LogP contribution is -2.38. The van der Waals surface area contributed by atoms with Crippen LogP contribution in [0.15, 0.2) is 24.3 Å². The summed E-state index contributed by atoms with van der Waals surface area (Å²) in [6.45, 7) is 6.95. The second kappa shape index (κ2) is 9.13. The summed E-state index contributed by atoms with van der Waals surface area (Å²) in [7, 11) is -2.21. The Kier molecular flexibility index (Phi) is 7.85. The van der Waals surface area contributed by atoms with Gasteiger partial charge in [0.05, 0.1) is 0 Å². The van der Waals surface area contributed by atoms with Crippen molar-refractivity contribution in [3.8, 4) is 5.75 Å². The van der Waals surface area contributed by atoms with E-state index < -0.39 is 8.56 Å². The zero-order valence-corrected chi connectivity index (χ0v) is 14.0. The van der Waals surface area contributed by atoms with E-state index in [1.165, 1.54) is 44.2 Å². The first kappa shape index (κ1) is 17.2. The Labute approximate surface area is 123 Å². The molecule has 0 atom stereocenters. The molecule has 0 radical (unpaired) electrons. The molecule has 0 aliphatic carbocycles. The molecule has 0 N–H and O–H groups in total. The summed E-state index contributed by atoms with van der Waals surface area (Å²) >= 11 is 0. The van der Waals surface area contributed by atoms with Gasteiger partial charge in [-0.1, -0.05) is 45.1 Å². The Balaban J connectivity index is 2.21. The number of hydrogen-bond donors (Lipinski definition) is 0. The molecule has 1 aromatic rings. The first-order valence-corrected chi connectivity index (χ1v) is 10.4. The molecule has 0 bridgehead atoms.